The van der Waals surface area contributed by atoms with Crippen molar-refractivity contribution in [1.29, 1.82) is 0 Å². The first kappa shape index (κ1) is 14.2. The van der Waals surface area contributed by atoms with Gasteiger partial charge in [-0.2, -0.15) is 0 Å². The van der Waals surface area contributed by atoms with Gasteiger partial charge in [0.2, 0.25) is 0 Å². The first-order valence-corrected chi connectivity index (χ1v) is 7.02. The minimum atomic E-state index is 0.177. The Kier molecular flexibility index (Phi) is 4.38. The van der Waals surface area contributed by atoms with Crippen molar-refractivity contribution in [2.24, 2.45) is 0 Å². The first-order chi connectivity index (χ1) is 8.99. The second-order valence-corrected chi connectivity index (χ2v) is 5.61. The largest absolute Gasteiger partial charge is 0.377 e. The van der Waals surface area contributed by atoms with E-state index >= 15 is 0 Å². The summed E-state index contributed by atoms with van der Waals surface area (Å²) in [5.41, 5.74) is 4.68. The van der Waals surface area contributed by atoms with Gasteiger partial charge in [0.1, 0.15) is 0 Å². The second kappa shape index (κ2) is 5.85. The Morgan fingerprint density at radius 2 is 1.79 bits per heavy atom. The molecule has 0 aromatic heterocycles. The van der Waals surface area contributed by atoms with Crippen LogP contribution in [0.5, 0.6) is 0 Å². The van der Waals surface area contributed by atoms with Crippen LogP contribution in [0.2, 0.25) is 10.0 Å². The fraction of sp³-hybridized carbons (Fsp3) is 0.250. The average Bonchev–Trinajstić information content (AvgIpc) is 2.34. The lowest BCUT2D eigenvalue weighted by Gasteiger charge is -2.19. The van der Waals surface area contributed by atoms with Crippen LogP contribution >= 0.6 is 23.2 Å². The average molecular weight is 294 g/mol. The van der Waals surface area contributed by atoms with Crippen molar-refractivity contribution >= 4 is 28.9 Å². The van der Waals surface area contributed by atoms with E-state index in [1.54, 1.807) is 6.07 Å². The molecule has 3 heteroatoms. The Morgan fingerprint density at radius 3 is 2.47 bits per heavy atom. The standard InChI is InChI=1S/C16H17Cl2N/c1-10-7-8-13(11(2)9-10)12(3)19-15-6-4-5-14(17)16(15)18/h4-9,12,19H,1-3H3. The van der Waals surface area contributed by atoms with Crippen LogP contribution < -0.4 is 5.32 Å². The quantitative estimate of drug-likeness (QED) is 0.756. The van der Waals surface area contributed by atoms with Crippen LogP contribution in [0.25, 0.3) is 0 Å². The lowest BCUT2D eigenvalue weighted by atomic mass is 10.00. The number of rotatable bonds is 3. The summed E-state index contributed by atoms with van der Waals surface area (Å²) < 4.78 is 0. The van der Waals surface area contributed by atoms with E-state index in [1.165, 1.54) is 16.7 Å². The summed E-state index contributed by atoms with van der Waals surface area (Å²) in [4.78, 5) is 0. The number of halogens is 2. The Balaban J connectivity index is 2.25. The SMILES string of the molecule is Cc1ccc(C(C)Nc2cccc(Cl)c2Cl)c(C)c1. The number of nitrogens with one attached hydrogen (secondary N) is 1. The number of benzene rings is 2. The molecule has 1 N–H and O–H groups in total. The van der Waals surface area contributed by atoms with E-state index in [1.807, 2.05) is 12.1 Å². The molecule has 0 heterocycles. The van der Waals surface area contributed by atoms with Crippen molar-refractivity contribution in [3.05, 3.63) is 63.1 Å². The highest BCUT2D eigenvalue weighted by atomic mass is 35.5. The number of hydrogen-bond donors (Lipinski definition) is 1. The van der Waals surface area contributed by atoms with E-state index in [-0.39, 0.29) is 6.04 Å². The topological polar surface area (TPSA) is 12.0 Å². The second-order valence-electron chi connectivity index (χ2n) is 4.83. The van der Waals surface area contributed by atoms with Crippen LogP contribution in [0.15, 0.2) is 36.4 Å². The minimum absolute atomic E-state index is 0.177. The van der Waals surface area contributed by atoms with E-state index in [9.17, 15) is 0 Å². The molecular weight excluding hydrogens is 277 g/mol. The summed E-state index contributed by atoms with van der Waals surface area (Å²) in [7, 11) is 0. The summed E-state index contributed by atoms with van der Waals surface area (Å²) in [6.45, 7) is 6.34. The fourth-order valence-electron chi connectivity index (χ4n) is 2.24. The van der Waals surface area contributed by atoms with Crippen LogP contribution in [0, 0.1) is 13.8 Å². The van der Waals surface area contributed by atoms with Crippen molar-refractivity contribution in [1.82, 2.24) is 0 Å². The molecule has 0 aliphatic carbocycles. The molecular formula is C16H17Cl2N. The van der Waals surface area contributed by atoms with Gasteiger partial charge in [0, 0.05) is 6.04 Å². The van der Waals surface area contributed by atoms with E-state index in [0.717, 1.165) is 5.69 Å². The zero-order valence-electron chi connectivity index (χ0n) is 11.3. The highest BCUT2D eigenvalue weighted by Gasteiger charge is 2.11. The molecule has 1 unspecified atom stereocenters. The molecule has 1 atom stereocenters. The Labute approximate surface area is 124 Å². The maximum absolute atomic E-state index is 6.20. The Bertz CT molecular complexity index is 593. The van der Waals surface area contributed by atoms with E-state index < -0.39 is 0 Å². The molecule has 0 radical (unpaired) electrons. The molecule has 2 aromatic carbocycles. The third-order valence-electron chi connectivity index (χ3n) is 3.22. The molecule has 0 aliphatic heterocycles. The molecule has 0 saturated carbocycles. The molecule has 100 valence electrons. The third-order valence-corrected chi connectivity index (χ3v) is 4.03. The van der Waals surface area contributed by atoms with Gasteiger partial charge >= 0.3 is 0 Å². The molecule has 2 aromatic rings. The van der Waals surface area contributed by atoms with Gasteiger partial charge in [-0.25, -0.2) is 0 Å². The summed E-state index contributed by atoms with van der Waals surface area (Å²) in [5.74, 6) is 0. The molecule has 2 rings (SSSR count). The third kappa shape index (κ3) is 3.23. The van der Waals surface area contributed by atoms with Crippen molar-refractivity contribution < 1.29 is 0 Å². The lowest BCUT2D eigenvalue weighted by molar-refractivity contribution is 0.873. The molecule has 0 amide bonds. The number of hydrogen-bond acceptors (Lipinski definition) is 1. The summed E-state index contributed by atoms with van der Waals surface area (Å²) in [6.07, 6.45) is 0. The van der Waals surface area contributed by atoms with Crippen molar-refractivity contribution in [3.63, 3.8) is 0 Å². The van der Waals surface area contributed by atoms with E-state index in [2.05, 4.69) is 44.3 Å². The Hall–Kier alpha value is -1.18. The van der Waals surface area contributed by atoms with Gasteiger partial charge < -0.3 is 5.32 Å². The van der Waals surface area contributed by atoms with Crippen molar-refractivity contribution in [3.8, 4) is 0 Å². The minimum Gasteiger partial charge on any atom is -0.377 e. The summed E-state index contributed by atoms with van der Waals surface area (Å²) in [6, 6.07) is 12.3. The van der Waals surface area contributed by atoms with Gasteiger partial charge in [-0.05, 0) is 44.0 Å². The zero-order valence-corrected chi connectivity index (χ0v) is 12.8. The predicted octanol–water partition coefficient (Wildman–Crippen LogP) is 5.78. The first-order valence-electron chi connectivity index (χ1n) is 6.26. The maximum atomic E-state index is 6.20. The molecule has 0 fully saturated rings. The predicted molar refractivity (Wildman–Crippen MR) is 84.4 cm³/mol. The summed E-state index contributed by atoms with van der Waals surface area (Å²) in [5, 5.41) is 4.55. The van der Waals surface area contributed by atoms with Gasteiger partial charge in [-0.15, -0.1) is 0 Å². The highest BCUT2D eigenvalue weighted by Crippen LogP contribution is 2.32. The summed E-state index contributed by atoms with van der Waals surface area (Å²) >= 11 is 12.2. The van der Waals surface area contributed by atoms with Crippen molar-refractivity contribution in [2.45, 2.75) is 26.8 Å². The molecule has 0 aliphatic rings. The fourth-order valence-corrected chi connectivity index (χ4v) is 2.59. The molecule has 1 nitrogen and oxygen atoms in total. The number of anilines is 1. The van der Waals surface area contributed by atoms with E-state index in [0.29, 0.717) is 10.0 Å². The zero-order chi connectivity index (χ0) is 14.0. The molecule has 0 spiro atoms. The van der Waals surface area contributed by atoms with Crippen LogP contribution in [-0.4, -0.2) is 0 Å². The van der Waals surface area contributed by atoms with Crippen molar-refractivity contribution in [2.75, 3.05) is 5.32 Å². The molecule has 0 saturated heterocycles. The van der Waals surface area contributed by atoms with Gasteiger partial charge in [0.05, 0.1) is 15.7 Å². The normalized spacial score (nSPS) is 12.3. The number of aryl methyl sites for hydroxylation is 2. The monoisotopic (exact) mass is 293 g/mol. The van der Waals surface area contributed by atoms with Gasteiger partial charge in [0.25, 0.3) is 0 Å². The molecule has 0 bridgehead atoms. The lowest BCUT2D eigenvalue weighted by Crippen LogP contribution is -2.08. The van der Waals surface area contributed by atoms with Gasteiger partial charge in [-0.3, -0.25) is 0 Å². The van der Waals surface area contributed by atoms with Crippen LogP contribution in [-0.2, 0) is 0 Å². The Morgan fingerprint density at radius 1 is 1.05 bits per heavy atom. The van der Waals surface area contributed by atoms with Crippen LogP contribution in [0.4, 0.5) is 5.69 Å². The molecule has 19 heavy (non-hydrogen) atoms. The van der Waals surface area contributed by atoms with Gasteiger partial charge in [0.15, 0.2) is 0 Å². The smallest absolute Gasteiger partial charge is 0.0823 e. The highest BCUT2D eigenvalue weighted by molar-refractivity contribution is 6.43. The van der Waals surface area contributed by atoms with E-state index in [4.69, 9.17) is 23.2 Å². The maximum Gasteiger partial charge on any atom is 0.0823 e. The van der Waals surface area contributed by atoms with Crippen LogP contribution in [0.1, 0.15) is 29.7 Å². The van der Waals surface area contributed by atoms with Crippen LogP contribution in [0.3, 0.4) is 0 Å². The van der Waals surface area contributed by atoms with Gasteiger partial charge in [-0.1, -0.05) is 53.0 Å².